The van der Waals surface area contributed by atoms with Crippen molar-refractivity contribution in [1.29, 1.82) is 0 Å². The van der Waals surface area contributed by atoms with Crippen molar-refractivity contribution < 1.29 is 14.7 Å². The van der Waals surface area contributed by atoms with E-state index in [0.29, 0.717) is 18.7 Å². The highest BCUT2D eigenvalue weighted by molar-refractivity contribution is 5.87. The SMILES string of the molecule is O=C(O)c1cccc([C@H]2CCCN(C(=O)CN3CCc4ccccc4C3)C2)c1. The van der Waals surface area contributed by atoms with Gasteiger partial charge in [-0.25, -0.2) is 4.79 Å². The number of aromatic carboxylic acids is 1. The van der Waals surface area contributed by atoms with Gasteiger partial charge in [-0.2, -0.15) is 0 Å². The molecule has 1 saturated heterocycles. The van der Waals surface area contributed by atoms with Crippen molar-refractivity contribution in [2.24, 2.45) is 0 Å². The van der Waals surface area contributed by atoms with Gasteiger partial charge in [0, 0.05) is 32.1 Å². The number of amides is 1. The highest BCUT2D eigenvalue weighted by Crippen LogP contribution is 2.28. The standard InChI is InChI=1S/C23H26N2O3/c26-22(16-24-12-10-17-5-1-2-6-20(17)14-24)25-11-4-9-21(15-25)18-7-3-8-19(13-18)23(27)28/h1-3,5-8,13,21H,4,9-12,14-16H2,(H,27,28)/t21-/m0/s1. The number of hydrogen-bond acceptors (Lipinski definition) is 3. The van der Waals surface area contributed by atoms with E-state index in [1.165, 1.54) is 11.1 Å². The molecule has 1 fully saturated rings. The summed E-state index contributed by atoms with van der Waals surface area (Å²) < 4.78 is 0. The van der Waals surface area contributed by atoms with Crippen LogP contribution in [-0.4, -0.2) is 53.0 Å². The molecule has 0 spiro atoms. The highest BCUT2D eigenvalue weighted by Gasteiger charge is 2.27. The lowest BCUT2D eigenvalue weighted by atomic mass is 9.89. The lowest BCUT2D eigenvalue weighted by Crippen LogP contribution is -2.45. The van der Waals surface area contributed by atoms with Crippen molar-refractivity contribution >= 4 is 11.9 Å². The van der Waals surface area contributed by atoms with E-state index in [1.807, 2.05) is 11.0 Å². The van der Waals surface area contributed by atoms with Crippen LogP contribution < -0.4 is 0 Å². The first-order chi connectivity index (χ1) is 13.6. The smallest absolute Gasteiger partial charge is 0.335 e. The summed E-state index contributed by atoms with van der Waals surface area (Å²) in [6, 6.07) is 15.6. The Morgan fingerprint density at radius 1 is 1.04 bits per heavy atom. The van der Waals surface area contributed by atoms with Crippen LogP contribution >= 0.6 is 0 Å². The molecule has 146 valence electrons. The van der Waals surface area contributed by atoms with Crippen LogP contribution in [0.2, 0.25) is 0 Å². The minimum absolute atomic E-state index is 0.179. The molecule has 1 atom stereocenters. The molecule has 4 rings (SSSR count). The second-order valence-corrected chi connectivity index (χ2v) is 7.84. The second-order valence-electron chi connectivity index (χ2n) is 7.84. The lowest BCUT2D eigenvalue weighted by molar-refractivity contribution is -0.133. The van der Waals surface area contributed by atoms with Gasteiger partial charge in [-0.05, 0) is 48.1 Å². The first-order valence-electron chi connectivity index (χ1n) is 10.0. The molecule has 0 aliphatic carbocycles. The number of benzene rings is 2. The molecule has 0 saturated carbocycles. The average Bonchev–Trinajstić information content (AvgIpc) is 2.74. The third kappa shape index (κ3) is 4.09. The van der Waals surface area contributed by atoms with E-state index in [2.05, 4.69) is 29.2 Å². The van der Waals surface area contributed by atoms with Crippen molar-refractivity contribution in [3.63, 3.8) is 0 Å². The Hall–Kier alpha value is -2.66. The highest BCUT2D eigenvalue weighted by atomic mass is 16.4. The Morgan fingerprint density at radius 3 is 2.68 bits per heavy atom. The van der Waals surface area contributed by atoms with Gasteiger partial charge >= 0.3 is 5.97 Å². The Bertz CT molecular complexity index is 880. The maximum atomic E-state index is 12.9. The number of carbonyl (C=O) groups excluding carboxylic acids is 1. The second kappa shape index (κ2) is 8.15. The van der Waals surface area contributed by atoms with Crippen molar-refractivity contribution in [2.75, 3.05) is 26.2 Å². The summed E-state index contributed by atoms with van der Waals surface area (Å²) >= 11 is 0. The lowest BCUT2D eigenvalue weighted by Gasteiger charge is -2.35. The molecule has 5 heteroatoms. The molecule has 2 aromatic carbocycles. The zero-order valence-corrected chi connectivity index (χ0v) is 16.0. The number of nitrogens with zero attached hydrogens (tertiary/aromatic N) is 2. The fourth-order valence-electron chi connectivity index (χ4n) is 4.38. The summed E-state index contributed by atoms with van der Waals surface area (Å²) in [5.41, 5.74) is 4.04. The van der Waals surface area contributed by atoms with E-state index in [-0.39, 0.29) is 11.8 Å². The van der Waals surface area contributed by atoms with Crippen LogP contribution in [0.4, 0.5) is 0 Å². The predicted molar refractivity (Wildman–Crippen MR) is 107 cm³/mol. The van der Waals surface area contributed by atoms with Crippen LogP contribution in [0.15, 0.2) is 48.5 Å². The molecule has 0 radical (unpaired) electrons. The number of carbonyl (C=O) groups is 2. The maximum absolute atomic E-state index is 12.9. The average molecular weight is 378 g/mol. The minimum atomic E-state index is -0.907. The molecule has 2 aliphatic rings. The topological polar surface area (TPSA) is 60.9 Å². The van der Waals surface area contributed by atoms with Crippen molar-refractivity contribution in [2.45, 2.75) is 31.7 Å². The van der Waals surface area contributed by atoms with E-state index in [9.17, 15) is 14.7 Å². The monoisotopic (exact) mass is 378 g/mol. The van der Waals surface area contributed by atoms with E-state index in [1.54, 1.807) is 18.2 Å². The molecule has 2 aromatic rings. The molecule has 0 unspecified atom stereocenters. The third-order valence-corrected chi connectivity index (χ3v) is 5.95. The molecule has 1 N–H and O–H groups in total. The number of likely N-dealkylation sites (tertiary alicyclic amines) is 1. The number of rotatable bonds is 4. The van der Waals surface area contributed by atoms with Crippen molar-refractivity contribution in [3.05, 3.63) is 70.8 Å². The van der Waals surface area contributed by atoms with Gasteiger partial charge in [0.25, 0.3) is 0 Å². The fourth-order valence-corrected chi connectivity index (χ4v) is 4.38. The Kier molecular flexibility index (Phi) is 5.44. The van der Waals surface area contributed by atoms with Gasteiger partial charge in [0.1, 0.15) is 0 Å². The van der Waals surface area contributed by atoms with Crippen molar-refractivity contribution in [1.82, 2.24) is 9.80 Å². The van der Waals surface area contributed by atoms with Crippen LogP contribution in [0, 0.1) is 0 Å². The fraction of sp³-hybridized carbons (Fsp3) is 0.391. The summed E-state index contributed by atoms with van der Waals surface area (Å²) in [5, 5.41) is 9.23. The minimum Gasteiger partial charge on any atom is -0.478 e. The largest absolute Gasteiger partial charge is 0.478 e. The van der Waals surface area contributed by atoms with Crippen molar-refractivity contribution in [3.8, 4) is 0 Å². The summed E-state index contributed by atoms with van der Waals surface area (Å²) in [6.07, 6.45) is 2.94. The summed E-state index contributed by atoms with van der Waals surface area (Å²) in [4.78, 5) is 28.4. The van der Waals surface area contributed by atoms with Gasteiger partial charge < -0.3 is 10.0 Å². The number of hydrogen-bond donors (Lipinski definition) is 1. The molecule has 28 heavy (non-hydrogen) atoms. The quantitative estimate of drug-likeness (QED) is 0.888. The van der Waals surface area contributed by atoms with Gasteiger partial charge in [-0.3, -0.25) is 9.69 Å². The van der Waals surface area contributed by atoms with Gasteiger partial charge in [0.15, 0.2) is 0 Å². The van der Waals surface area contributed by atoms with Gasteiger partial charge in [-0.1, -0.05) is 36.4 Å². The van der Waals surface area contributed by atoms with E-state index >= 15 is 0 Å². The van der Waals surface area contributed by atoms with Crippen LogP contribution in [0.5, 0.6) is 0 Å². The number of carboxylic acids is 1. The van der Waals surface area contributed by atoms with Gasteiger partial charge in [-0.15, -0.1) is 0 Å². The summed E-state index contributed by atoms with van der Waals surface area (Å²) in [5.74, 6) is -0.520. The molecule has 1 amide bonds. The molecule has 2 heterocycles. The zero-order valence-electron chi connectivity index (χ0n) is 16.0. The Morgan fingerprint density at radius 2 is 1.86 bits per heavy atom. The first-order valence-corrected chi connectivity index (χ1v) is 10.0. The van der Waals surface area contributed by atoms with Crippen LogP contribution in [-0.2, 0) is 17.8 Å². The predicted octanol–water partition coefficient (Wildman–Crippen LogP) is 3.15. The molecular formula is C23H26N2O3. The zero-order chi connectivity index (χ0) is 19.5. The molecule has 2 aliphatic heterocycles. The normalized spacial score (nSPS) is 19.9. The van der Waals surface area contributed by atoms with E-state index < -0.39 is 5.97 Å². The third-order valence-electron chi connectivity index (χ3n) is 5.95. The Labute approximate surface area is 165 Å². The van der Waals surface area contributed by atoms with E-state index in [0.717, 1.165) is 44.5 Å². The Balaban J connectivity index is 1.39. The van der Waals surface area contributed by atoms with Gasteiger partial charge in [0.05, 0.1) is 12.1 Å². The van der Waals surface area contributed by atoms with Crippen LogP contribution in [0.3, 0.4) is 0 Å². The van der Waals surface area contributed by atoms with Crippen LogP contribution in [0.1, 0.15) is 45.8 Å². The summed E-state index contributed by atoms with van der Waals surface area (Å²) in [7, 11) is 0. The molecule has 0 aromatic heterocycles. The first kappa shape index (κ1) is 18.7. The number of carboxylic acid groups (broad SMARTS) is 1. The molecular weight excluding hydrogens is 352 g/mol. The van der Waals surface area contributed by atoms with Gasteiger partial charge in [0.2, 0.25) is 5.91 Å². The van der Waals surface area contributed by atoms with Crippen LogP contribution in [0.25, 0.3) is 0 Å². The molecule has 0 bridgehead atoms. The number of fused-ring (bicyclic) bond motifs is 1. The summed E-state index contributed by atoms with van der Waals surface area (Å²) in [6.45, 7) is 3.67. The van der Waals surface area contributed by atoms with E-state index in [4.69, 9.17) is 0 Å². The molecule has 5 nitrogen and oxygen atoms in total. The maximum Gasteiger partial charge on any atom is 0.335 e. The number of piperidine rings is 1.